The maximum atomic E-state index is 12.0. The van der Waals surface area contributed by atoms with Crippen LogP contribution in [0, 0.1) is 0 Å². The first-order valence-electron chi connectivity index (χ1n) is 8.67. The lowest BCUT2D eigenvalue weighted by Crippen LogP contribution is -2.12. The Morgan fingerprint density at radius 1 is 0.840 bits per heavy atom. The summed E-state index contributed by atoms with van der Waals surface area (Å²) in [7, 11) is 1.39. The average Bonchev–Trinajstić information content (AvgIpc) is 2.68. The van der Waals surface area contributed by atoms with Gasteiger partial charge in [-0.15, -0.1) is 0 Å². The molecule has 2 aromatic carbocycles. The Labute approximate surface area is 150 Å². The number of benzene rings is 2. The molecule has 0 fully saturated rings. The third kappa shape index (κ3) is 8.15. The predicted octanol–water partition coefficient (Wildman–Crippen LogP) is 4.39. The molecule has 134 valence electrons. The monoisotopic (exact) mass is 341 g/mol. The van der Waals surface area contributed by atoms with E-state index in [1.54, 1.807) is 0 Å². The molecular formula is C21H27NO3. The number of anilines is 1. The Kier molecular flexibility index (Phi) is 9.68. The second-order valence-electron chi connectivity index (χ2n) is 5.31. The first kappa shape index (κ1) is 20.4. The van der Waals surface area contributed by atoms with Crippen molar-refractivity contribution in [2.45, 2.75) is 39.5 Å². The van der Waals surface area contributed by atoms with E-state index in [0.717, 1.165) is 23.2 Å². The smallest absolute Gasteiger partial charge is 0.305 e. The fraction of sp³-hybridized carbons (Fsp3) is 0.333. The highest BCUT2D eigenvalue weighted by atomic mass is 16.5. The van der Waals surface area contributed by atoms with E-state index in [1.807, 2.05) is 68.4 Å². The molecule has 1 N–H and O–H groups in total. The summed E-state index contributed by atoms with van der Waals surface area (Å²) in [6.45, 7) is 4.00. The Morgan fingerprint density at radius 2 is 1.40 bits per heavy atom. The largest absolute Gasteiger partial charge is 0.469 e. The number of hydrogen-bond donors (Lipinski definition) is 1. The van der Waals surface area contributed by atoms with Crippen LogP contribution in [0.2, 0.25) is 0 Å². The van der Waals surface area contributed by atoms with Crippen LogP contribution in [0.5, 0.6) is 0 Å². The summed E-state index contributed by atoms with van der Waals surface area (Å²) in [5.41, 5.74) is 2.96. The zero-order chi connectivity index (χ0) is 18.5. The Morgan fingerprint density at radius 3 is 2.00 bits per heavy atom. The molecule has 0 bridgehead atoms. The van der Waals surface area contributed by atoms with Gasteiger partial charge >= 0.3 is 5.97 Å². The number of ether oxygens (including phenoxy) is 1. The van der Waals surface area contributed by atoms with Crippen LogP contribution in [0.15, 0.2) is 54.6 Å². The van der Waals surface area contributed by atoms with Gasteiger partial charge in [-0.25, -0.2) is 0 Å². The summed E-state index contributed by atoms with van der Waals surface area (Å²) in [5.74, 6) is -0.223. The number of rotatable bonds is 7. The van der Waals surface area contributed by atoms with Crippen molar-refractivity contribution in [2.75, 3.05) is 12.4 Å². The van der Waals surface area contributed by atoms with Gasteiger partial charge in [0.1, 0.15) is 0 Å². The summed E-state index contributed by atoms with van der Waals surface area (Å²) < 4.78 is 4.62. The van der Waals surface area contributed by atoms with Gasteiger partial charge in [-0.05, 0) is 36.1 Å². The van der Waals surface area contributed by atoms with Crippen molar-refractivity contribution in [1.29, 1.82) is 0 Å². The van der Waals surface area contributed by atoms with Gasteiger partial charge in [0.05, 0.1) is 7.11 Å². The molecule has 25 heavy (non-hydrogen) atoms. The summed E-state index contributed by atoms with van der Waals surface area (Å²) >= 11 is 0. The van der Waals surface area contributed by atoms with E-state index in [1.165, 1.54) is 7.11 Å². The minimum Gasteiger partial charge on any atom is -0.469 e. The molecule has 2 aromatic rings. The second kappa shape index (κ2) is 11.8. The van der Waals surface area contributed by atoms with Crippen LogP contribution < -0.4 is 5.32 Å². The quantitative estimate of drug-likeness (QED) is 0.760. The van der Waals surface area contributed by atoms with Crippen LogP contribution in [-0.2, 0) is 27.2 Å². The van der Waals surface area contributed by atoms with E-state index < -0.39 is 0 Å². The van der Waals surface area contributed by atoms with Gasteiger partial charge in [0, 0.05) is 18.5 Å². The van der Waals surface area contributed by atoms with Crippen LogP contribution in [0.25, 0.3) is 0 Å². The van der Waals surface area contributed by atoms with Gasteiger partial charge in [-0.2, -0.15) is 0 Å². The molecule has 0 saturated carbocycles. The predicted molar refractivity (Wildman–Crippen MR) is 102 cm³/mol. The van der Waals surface area contributed by atoms with Crippen molar-refractivity contribution in [3.63, 3.8) is 0 Å². The molecule has 0 aliphatic heterocycles. The van der Waals surface area contributed by atoms with Crippen LogP contribution in [0.4, 0.5) is 5.69 Å². The number of methoxy groups -OCH3 is 1. The topological polar surface area (TPSA) is 55.4 Å². The molecule has 4 nitrogen and oxygen atoms in total. The molecule has 0 aliphatic carbocycles. The van der Waals surface area contributed by atoms with Crippen molar-refractivity contribution >= 4 is 17.6 Å². The maximum Gasteiger partial charge on any atom is 0.305 e. The van der Waals surface area contributed by atoms with E-state index in [9.17, 15) is 9.59 Å². The summed E-state index contributed by atoms with van der Waals surface area (Å²) in [6, 6.07) is 17.5. The van der Waals surface area contributed by atoms with Crippen molar-refractivity contribution in [1.82, 2.24) is 0 Å². The minimum absolute atomic E-state index is 0.00355. The minimum atomic E-state index is -0.219. The zero-order valence-corrected chi connectivity index (χ0v) is 15.2. The lowest BCUT2D eigenvalue weighted by molar-refractivity contribution is -0.140. The fourth-order valence-corrected chi connectivity index (χ4v) is 2.23. The highest BCUT2D eigenvalue weighted by molar-refractivity contribution is 5.90. The molecule has 0 unspecified atom stereocenters. The number of nitrogens with one attached hydrogen (secondary N) is 1. The van der Waals surface area contributed by atoms with Gasteiger partial charge < -0.3 is 10.1 Å². The van der Waals surface area contributed by atoms with Gasteiger partial charge in [0.2, 0.25) is 5.91 Å². The number of amides is 1. The van der Waals surface area contributed by atoms with Gasteiger partial charge in [0.25, 0.3) is 0 Å². The molecule has 0 heterocycles. The second-order valence-corrected chi connectivity index (χ2v) is 5.31. The number of hydrogen-bond acceptors (Lipinski definition) is 3. The number of esters is 1. The van der Waals surface area contributed by atoms with Crippen LogP contribution in [-0.4, -0.2) is 19.0 Å². The number of carbonyl (C=O) groups is 2. The number of carbonyl (C=O) groups excluding carboxylic acids is 2. The first-order valence-corrected chi connectivity index (χ1v) is 8.67. The molecule has 0 radical (unpaired) electrons. The van der Waals surface area contributed by atoms with E-state index in [4.69, 9.17) is 0 Å². The molecule has 0 atom stereocenters. The van der Waals surface area contributed by atoms with E-state index in [2.05, 4.69) is 10.1 Å². The molecular weight excluding hydrogens is 314 g/mol. The van der Waals surface area contributed by atoms with Crippen molar-refractivity contribution in [3.8, 4) is 0 Å². The van der Waals surface area contributed by atoms with Crippen LogP contribution >= 0.6 is 0 Å². The lowest BCUT2D eigenvalue weighted by Gasteiger charge is -2.07. The molecule has 0 saturated heterocycles. The average molecular weight is 341 g/mol. The zero-order valence-electron chi connectivity index (χ0n) is 15.2. The summed E-state index contributed by atoms with van der Waals surface area (Å²) in [6.07, 6.45) is 2.17. The van der Waals surface area contributed by atoms with Crippen LogP contribution in [0.3, 0.4) is 0 Å². The Balaban J connectivity index is 0.00000151. The molecule has 0 spiro atoms. The maximum absolute atomic E-state index is 12.0. The highest BCUT2D eigenvalue weighted by Crippen LogP contribution is 2.12. The summed E-state index contributed by atoms with van der Waals surface area (Å²) in [5, 5.41) is 2.88. The van der Waals surface area contributed by atoms with Crippen molar-refractivity contribution in [2.24, 2.45) is 0 Å². The molecule has 2 rings (SSSR count). The van der Waals surface area contributed by atoms with E-state index >= 15 is 0 Å². The van der Waals surface area contributed by atoms with Gasteiger partial charge in [-0.3, -0.25) is 9.59 Å². The molecule has 0 aliphatic rings. The van der Waals surface area contributed by atoms with Crippen molar-refractivity contribution < 1.29 is 14.3 Å². The van der Waals surface area contributed by atoms with E-state index in [-0.39, 0.29) is 11.9 Å². The molecule has 0 aromatic heterocycles. The Hall–Kier alpha value is -2.62. The first-order chi connectivity index (χ1) is 12.2. The van der Waals surface area contributed by atoms with Gasteiger partial charge in [-0.1, -0.05) is 56.3 Å². The number of aryl methyl sites for hydroxylation is 2. The lowest BCUT2D eigenvalue weighted by atomic mass is 10.1. The van der Waals surface area contributed by atoms with Gasteiger partial charge in [0.15, 0.2) is 0 Å². The normalized spacial score (nSPS) is 9.56. The Bertz CT molecular complexity index is 636. The fourth-order valence-electron chi connectivity index (χ4n) is 2.23. The van der Waals surface area contributed by atoms with Crippen LogP contribution in [0.1, 0.15) is 37.8 Å². The SMILES string of the molecule is CC.COC(=O)CCc1ccc(NC(=O)CCc2ccccc2)cc1. The summed E-state index contributed by atoms with van der Waals surface area (Å²) in [4.78, 5) is 23.1. The molecule has 4 heteroatoms. The van der Waals surface area contributed by atoms with Crippen molar-refractivity contribution in [3.05, 3.63) is 65.7 Å². The highest BCUT2D eigenvalue weighted by Gasteiger charge is 2.04. The standard InChI is InChI=1S/C19H21NO3.C2H6/c1-23-19(22)14-10-16-7-11-17(12-8-16)20-18(21)13-9-15-5-3-2-4-6-15;1-2/h2-8,11-12H,9-10,13-14H2,1H3,(H,20,21);1-2H3. The third-order valence-corrected chi connectivity index (χ3v) is 3.57. The molecule has 1 amide bonds. The van der Waals surface area contributed by atoms with E-state index in [0.29, 0.717) is 19.3 Å². The third-order valence-electron chi connectivity index (χ3n) is 3.57.